The van der Waals surface area contributed by atoms with Crippen molar-refractivity contribution in [2.24, 2.45) is 0 Å². The van der Waals surface area contributed by atoms with E-state index < -0.39 is 18.0 Å². The van der Waals surface area contributed by atoms with Gasteiger partial charge in [0.05, 0.1) is 0 Å². The van der Waals surface area contributed by atoms with Crippen LogP contribution >= 0.6 is 0 Å². The minimum atomic E-state index is -1.04. The van der Waals surface area contributed by atoms with Crippen molar-refractivity contribution in [2.75, 3.05) is 5.32 Å². The number of fused-ring (bicyclic) bond motifs is 1. The van der Waals surface area contributed by atoms with Crippen LogP contribution in [0, 0.1) is 0 Å². The molecule has 1 aliphatic rings. The molecule has 0 saturated heterocycles. The van der Waals surface area contributed by atoms with Crippen LogP contribution in [-0.2, 0) is 17.8 Å². The molecule has 6 nitrogen and oxygen atoms in total. The first kappa shape index (κ1) is 16.7. The summed E-state index contributed by atoms with van der Waals surface area (Å²) in [6.45, 7) is 1.67. The normalized spacial score (nSPS) is 16.0. The van der Waals surface area contributed by atoms with Gasteiger partial charge in [0.25, 0.3) is 0 Å². The predicted molar refractivity (Wildman–Crippen MR) is 92.6 cm³/mol. The standard InChI is InChI=1S/C19H18N2O4/c1-12(22)13-7-4-8-16(9-13)20-19(25)21-11-15-6-3-2-5-14(15)10-17(21)18(23)24/h2-9,17H,10-11H2,1H3,(H,20,25)(H,23,24)/t17-/m0/s1. The molecule has 1 heterocycles. The summed E-state index contributed by atoms with van der Waals surface area (Å²) in [4.78, 5) is 37.0. The number of carbonyl (C=O) groups is 3. The highest BCUT2D eigenvalue weighted by Crippen LogP contribution is 2.24. The van der Waals surface area contributed by atoms with Crippen molar-refractivity contribution in [3.63, 3.8) is 0 Å². The molecule has 1 atom stereocenters. The average Bonchev–Trinajstić information content (AvgIpc) is 2.60. The summed E-state index contributed by atoms with van der Waals surface area (Å²) in [7, 11) is 0. The molecule has 2 amide bonds. The Kier molecular flexibility index (Phi) is 4.52. The lowest BCUT2D eigenvalue weighted by Crippen LogP contribution is -2.50. The number of benzene rings is 2. The Hall–Kier alpha value is -3.15. The van der Waals surface area contributed by atoms with Crippen LogP contribution in [0.1, 0.15) is 28.4 Å². The Morgan fingerprint density at radius 1 is 1.08 bits per heavy atom. The van der Waals surface area contributed by atoms with Crippen molar-refractivity contribution in [2.45, 2.75) is 25.9 Å². The van der Waals surface area contributed by atoms with Gasteiger partial charge >= 0.3 is 12.0 Å². The van der Waals surface area contributed by atoms with Crippen molar-refractivity contribution < 1.29 is 19.5 Å². The number of Topliss-reactive ketones (excluding diaryl/α,β-unsaturated/α-hetero) is 1. The van der Waals surface area contributed by atoms with Gasteiger partial charge in [-0.15, -0.1) is 0 Å². The van der Waals surface area contributed by atoms with Crippen LogP contribution in [-0.4, -0.2) is 33.8 Å². The molecule has 0 saturated carbocycles. The Morgan fingerprint density at radius 2 is 1.80 bits per heavy atom. The van der Waals surface area contributed by atoms with Gasteiger partial charge in [0.2, 0.25) is 0 Å². The minimum Gasteiger partial charge on any atom is -0.480 e. The lowest BCUT2D eigenvalue weighted by atomic mass is 9.94. The van der Waals surface area contributed by atoms with Gasteiger partial charge in [-0.3, -0.25) is 4.79 Å². The molecule has 0 bridgehead atoms. The van der Waals surface area contributed by atoms with Crippen molar-refractivity contribution in [1.29, 1.82) is 0 Å². The van der Waals surface area contributed by atoms with Gasteiger partial charge in [0, 0.05) is 24.2 Å². The van der Waals surface area contributed by atoms with Crippen molar-refractivity contribution >= 4 is 23.5 Å². The van der Waals surface area contributed by atoms with Crippen molar-refractivity contribution in [3.8, 4) is 0 Å². The quantitative estimate of drug-likeness (QED) is 0.843. The van der Waals surface area contributed by atoms with Crippen LogP contribution in [0.3, 0.4) is 0 Å². The smallest absolute Gasteiger partial charge is 0.326 e. The van der Waals surface area contributed by atoms with E-state index in [1.54, 1.807) is 24.3 Å². The summed E-state index contributed by atoms with van der Waals surface area (Å²) < 4.78 is 0. The second-order valence-electron chi connectivity index (χ2n) is 6.02. The second-order valence-corrected chi connectivity index (χ2v) is 6.02. The van der Waals surface area contributed by atoms with Gasteiger partial charge in [-0.1, -0.05) is 36.4 Å². The fourth-order valence-electron chi connectivity index (χ4n) is 2.97. The fraction of sp³-hybridized carbons (Fsp3) is 0.211. The molecule has 3 rings (SSSR count). The number of ketones is 1. The van der Waals surface area contributed by atoms with E-state index in [2.05, 4.69) is 5.32 Å². The SMILES string of the molecule is CC(=O)c1cccc(NC(=O)N2Cc3ccccc3C[C@H]2C(=O)O)c1. The molecule has 0 aromatic heterocycles. The highest BCUT2D eigenvalue weighted by atomic mass is 16.4. The molecule has 1 aliphatic heterocycles. The van der Waals surface area contributed by atoms with Gasteiger partial charge in [-0.05, 0) is 30.2 Å². The maximum atomic E-state index is 12.6. The van der Waals surface area contributed by atoms with Crippen LogP contribution in [0.15, 0.2) is 48.5 Å². The molecular weight excluding hydrogens is 320 g/mol. The Morgan fingerprint density at radius 3 is 2.48 bits per heavy atom. The summed E-state index contributed by atoms with van der Waals surface area (Å²) in [5, 5.41) is 12.2. The summed E-state index contributed by atoms with van der Waals surface area (Å²) >= 11 is 0. The highest BCUT2D eigenvalue weighted by molar-refractivity contribution is 5.97. The number of carboxylic acid groups (broad SMARTS) is 1. The molecule has 0 fully saturated rings. The molecule has 128 valence electrons. The largest absolute Gasteiger partial charge is 0.480 e. The van der Waals surface area contributed by atoms with E-state index in [4.69, 9.17) is 0 Å². The molecule has 2 aromatic rings. The number of urea groups is 1. The number of carboxylic acids is 1. The molecule has 2 N–H and O–H groups in total. The second kappa shape index (κ2) is 6.76. The molecule has 2 aromatic carbocycles. The molecule has 0 radical (unpaired) electrons. The van der Waals surface area contributed by atoms with Crippen LogP contribution in [0.2, 0.25) is 0 Å². The lowest BCUT2D eigenvalue weighted by Gasteiger charge is -2.34. The number of hydrogen-bond donors (Lipinski definition) is 2. The van der Waals surface area contributed by atoms with E-state index in [0.29, 0.717) is 11.3 Å². The van der Waals surface area contributed by atoms with E-state index in [1.165, 1.54) is 11.8 Å². The first-order valence-electron chi connectivity index (χ1n) is 7.94. The Labute approximate surface area is 145 Å². The zero-order valence-electron chi connectivity index (χ0n) is 13.7. The third-order valence-electron chi connectivity index (χ3n) is 4.31. The predicted octanol–water partition coefficient (Wildman–Crippen LogP) is 2.93. The maximum Gasteiger partial charge on any atom is 0.326 e. The number of anilines is 1. The van der Waals surface area contributed by atoms with E-state index in [0.717, 1.165) is 11.1 Å². The van der Waals surface area contributed by atoms with Crippen LogP contribution < -0.4 is 5.32 Å². The first-order chi connectivity index (χ1) is 12.0. The van der Waals surface area contributed by atoms with E-state index in [-0.39, 0.29) is 18.7 Å². The number of amides is 2. The lowest BCUT2D eigenvalue weighted by molar-refractivity contribution is -0.142. The molecule has 0 spiro atoms. The summed E-state index contributed by atoms with van der Waals surface area (Å²) in [5.74, 6) is -1.14. The first-order valence-corrected chi connectivity index (χ1v) is 7.94. The van der Waals surface area contributed by atoms with E-state index in [9.17, 15) is 19.5 Å². The van der Waals surface area contributed by atoms with Crippen molar-refractivity contribution in [1.82, 2.24) is 4.90 Å². The Bertz CT molecular complexity index is 847. The summed E-state index contributed by atoms with van der Waals surface area (Å²) in [6.07, 6.45) is 0.270. The molecule has 6 heteroatoms. The van der Waals surface area contributed by atoms with Gasteiger partial charge < -0.3 is 15.3 Å². The number of rotatable bonds is 3. The van der Waals surface area contributed by atoms with Gasteiger partial charge in [0.1, 0.15) is 6.04 Å². The highest BCUT2D eigenvalue weighted by Gasteiger charge is 2.34. The van der Waals surface area contributed by atoms with E-state index in [1.807, 2.05) is 24.3 Å². The number of aliphatic carboxylic acids is 1. The average molecular weight is 338 g/mol. The third kappa shape index (κ3) is 3.52. The van der Waals surface area contributed by atoms with Crippen molar-refractivity contribution in [3.05, 3.63) is 65.2 Å². The summed E-state index contributed by atoms with van der Waals surface area (Å²) in [5.41, 5.74) is 2.82. The maximum absolute atomic E-state index is 12.6. The van der Waals surface area contributed by atoms with Crippen LogP contribution in [0.4, 0.5) is 10.5 Å². The van der Waals surface area contributed by atoms with Gasteiger partial charge in [-0.25, -0.2) is 9.59 Å². The number of hydrogen-bond acceptors (Lipinski definition) is 3. The molecule has 0 unspecified atom stereocenters. The molecule has 0 aliphatic carbocycles. The topological polar surface area (TPSA) is 86.7 Å². The number of nitrogens with one attached hydrogen (secondary N) is 1. The van der Waals surface area contributed by atoms with Crippen LogP contribution in [0.5, 0.6) is 0 Å². The minimum absolute atomic E-state index is 0.105. The summed E-state index contributed by atoms with van der Waals surface area (Å²) in [6, 6.07) is 12.7. The van der Waals surface area contributed by atoms with Crippen LogP contribution in [0.25, 0.3) is 0 Å². The number of nitrogens with zero attached hydrogens (tertiary/aromatic N) is 1. The van der Waals surface area contributed by atoms with E-state index >= 15 is 0 Å². The monoisotopic (exact) mass is 338 g/mol. The van der Waals surface area contributed by atoms with Gasteiger partial charge in [0.15, 0.2) is 5.78 Å². The zero-order valence-corrected chi connectivity index (χ0v) is 13.7. The zero-order chi connectivity index (χ0) is 18.0. The molecule has 25 heavy (non-hydrogen) atoms. The molecular formula is C19H18N2O4. The third-order valence-corrected chi connectivity index (χ3v) is 4.31. The van der Waals surface area contributed by atoms with Gasteiger partial charge in [-0.2, -0.15) is 0 Å². The Balaban J connectivity index is 1.84. The number of carbonyl (C=O) groups excluding carboxylic acids is 2. The fourth-order valence-corrected chi connectivity index (χ4v) is 2.97.